The normalized spacial score (nSPS) is 14.7. The van der Waals surface area contributed by atoms with E-state index in [-0.39, 0.29) is 11.9 Å². The predicted molar refractivity (Wildman–Crippen MR) is 88.8 cm³/mol. The van der Waals surface area contributed by atoms with E-state index in [1.54, 1.807) is 17.0 Å². The third kappa shape index (κ3) is 3.31. The lowest BCUT2D eigenvalue weighted by molar-refractivity contribution is 0.101. The van der Waals surface area contributed by atoms with E-state index in [2.05, 4.69) is 0 Å². The van der Waals surface area contributed by atoms with E-state index < -0.39 is 0 Å². The van der Waals surface area contributed by atoms with Gasteiger partial charge in [-0.05, 0) is 24.1 Å². The van der Waals surface area contributed by atoms with Crippen molar-refractivity contribution in [2.75, 3.05) is 13.2 Å². The third-order valence-electron chi connectivity index (χ3n) is 3.74. The summed E-state index contributed by atoms with van der Waals surface area (Å²) in [5.74, 6) is 0.0192. The van der Waals surface area contributed by atoms with Crippen LogP contribution in [0.3, 0.4) is 0 Å². The Balaban J connectivity index is 2.03. The molecule has 0 spiro atoms. The number of carbonyl (C=O) groups is 2. The number of Topliss-reactive ketones (excluding diaryl/α,β-unsaturated/α-hetero) is 1. The van der Waals surface area contributed by atoms with Crippen molar-refractivity contribution in [3.05, 3.63) is 71.3 Å². The van der Waals surface area contributed by atoms with E-state index in [1.165, 1.54) is 6.92 Å². The number of hydrogen-bond donors (Lipinski definition) is 0. The van der Waals surface area contributed by atoms with Gasteiger partial charge in [0.25, 0.3) is 0 Å². The molecule has 0 aromatic heterocycles. The van der Waals surface area contributed by atoms with E-state index in [0.717, 1.165) is 16.8 Å². The van der Waals surface area contributed by atoms with Crippen molar-refractivity contribution in [3.63, 3.8) is 0 Å². The van der Waals surface area contributed by atoms with Gasteiger partial charge in [-0.3, -0.25) is 9.69 Å². The molecule has 0 bridgehead atoms. The second-order valence-electron chi connectivity index (χ2n) is 5.34. The highest BCUT2D eigenvalue weighted by Crippen LogP contribution is 2.26. The van der Waals surface area contributed by atoms with Gasteiger partial charge in [-0.25, -0.2) is 4.79 Å². The molecule has 0 N–H and O–H groups in total. The summed E-state index contributed by atoms with van der Waals surface area (Å²) in [5, 5.41) is 0. The Morgan fingerprint density at radius 2 is 1.70 bits per heavy atom. The minimum absolute atomic E-state index is 0.0192. The van der Waals surface area contributed by atoms with Gasteiger partial charge < -0.3 is 4.74 Å². The second kappa shape index (κ2) is 6.48. The fourth-order valence-corrected chi connectivity index (χ4v) is 2.51. The van der Waals surface area contributed by atoms with E-state index in [4.69, 9.17) is 4.74 Å². The van der Waals surface area contributed by atoms with E-state index in [0.29, 0.717) is 18.7 Å². The minimum Gasteiger partial charge on any atom is -0.447 e. The number of rotatable bonds is 4. The van der Waals surface area contributed by atoms with Gasteiger partial charge in [-0.1, -0.05) is 54.6 Å². The average Bonchev–Trinajstić information content (AvgIpc) is 2.99. The van der Waals surface area contributed by atoms with Gasteiger partial charge in [0.2, 0.25) is 0 Å². The summed E-state index contributed by atoms with van der Waals surface area (Å²) in [5.41, 5.74) is 3.29. The quantitative estimate of drug-likeness (QED) is 0.637. The zero-order valence-electron chi connectivity index (χ0n) is 12.9. The van der Waals surface area contributed by atoms with Crippen LogP contribution < -0.4 is 0 Å². The fourth-order valence-electron chi connectivity index (χ4n) is 2.51. The number of ether oxygens (including phenoxy) is 1. The first kappa shape index (κ1) is 15.0. The van der Waals surface area contributed by atoms with Crippen molar-refractivity contribution in [1.29, 1.82) is 0 Å². The number of hydrogen-bond acceptors (Lipinski definition) is 3. The number of cyclic esters (lactones) is 1. The molecule has 1 aliphatic rings. The molecule has 116 valence electrons. The van der Waals surface area contributed by atoms with Crippen LogP contribution >= 0.6 is 0 Å². The van der Waals surface area contributed by atoms with Crippen molar-refractivity contribution in [2.45, 2.75) is 6.92 Å². The van der Waals surface area contributed by atoms with Crippen LogP contribution in [0.5, 0.6) is 0 Å². The molecule has 0 atom stereocenters. The van der Waals surface area contributed by atoms with Crippen molar-refractivity contribution in [2.24, 2.45) is 0 Å². The van der Waals surface area contributed by atoms with Crippen LogP contribution in [0.2, 0.25) is 0 Å². The molecule has 2 aromatic rings. The van der Waals surface area contributed by atoms with Gasteiger partial charge in [0.15, 0.2) is 5.78 Å². The number of nitrogens with zero attached hydrogens (tertiary/aromatic N) is 1. The van der Waals surface area contributed by atoms with E-state index in [9.17, 15) is 9.59 Å². The standard InChI is InChI=1S/C19H17NO3/c1-14(21)16-7-9-17(10-8-16)18(20-11-12-23-19(20)22)13-15-5-3-2-4-6-15/h2-10,13H,11-12H2,1H3/b18-13-. The second-order valence-corrected chi connectivity index (χ2v) is 5.34. The summed E-state index contributed by atoms with van der Waals surface area (Å²) in [6.07, 6.45) is 1.61. The fraction of sp³-hybridized carbons (Fsp3) is 0.158. The number of benzene rings is 2. The number of ketones is 1. The summed E-state index contributed by atoms with van der Waals surface area (Å²) < 4.78 is 5.06. The highest BCUT2D eigenvalue weighted by atomic mass is 16.6. The molecular formula is C19H17NO3. The zero-order valence-corrected chi connectivity index (χ0v) is 12.9. The van der Waals surface area contributed by atoms with Gasteiger partial charge in [0.1, 0.15) is 6.61 Å². The minimum atomic E-state index is -0.345. The first-order valence-corrected chi connectivity index (χ1v) is 7.47. The monoisotopic (exact) mass is 307 g/mol. The molecule has 1 saturated heterocycles. The third-order valence-corrected chi connectivity index (χ3v) is 3.74. The maximum Gasteiger partial charge on any atom is 0.414 e. The van der Waals surface area contributed by atoms with Gasteiger partial charge in [0.05, 0.1) is 12.2 Å². The molecule has 0 saturated carbocycles. The van der Waals surface area contributed by atoms with Crippen LogP contribution in [-0.4, -0.2) is 29.9 Å². The Kier molecular flexibility index (Phi) is 4.24. The largest absolute Gasteiger partial charge is 0.447 e. The van der Waals surface area contributed by atoms with E-state index in [1.807, 2.05) is 48.5 Å². The predicted octanol–water partition coefficient (Wildman–Crippen LogP) is 3.84. The first-order chi connectivity index (χ1) is 11.1. The van der Waals surface area contributed by atoms with Gasteiger partial charge in [0, 0.05) is 5.56 Å². The highest BCUT2D eigenvalue weighted by Gasteiger charge is 2.26. The maximum atomic E-state index is 12.0. The number of carbonyl (C=O) groups excluding carboxylic acids is 2. The lowest BCUT2D eigenvalue weighted by atomic mass is 10.0. The molecule has 2 aromatic carbocycles. The van der Waals surface area contributed by atoms with Gasteiger partial charge in [-0.2, -0.15) is 0 Å². The summed E-state index contributed by atoms with van der Waals surface area (Å²) in [4.78, 5) is 25.0. The Morgan fingerprint density at radius 3 is 2.26 bits per heavy atom. The van der Waals surface area contributed by atoms with E-state index >= 15 is 0 Å². The molecule has 23 heavy (non-hydrogen) atoms. The maximum absolute atomic E-state index is 12.0. The van der Waals surface area contributed by atoms with Crippen LogP contribution in [0, 0.1) is 0 Å². The van der Waals surface area contributed by atoms with Crippen molar-refractivity contribution in [1.82, 2.24) is 4.90 Å². The molecule has 0 radical (unpaired) electrons. The molecule has 0 aliphatic carbocycles. The zero-order chi connectivity index (χ0) is 16.2. The summed E-state index contributed by atoms with van der Waals surface area (Å²) in [6.45, 7) is 2.44. The van der Waals surface area contributed by atoms with Crippen molar-refractivity contribution >= 4 is 23.6 Å². The highest BCUT2D eigenvalue weighted by molar-refractivity contribution is 5.95. The summed E-state index contributed by atoms with van der Waals surface area (Å²) in [6, 6.07) is 17.1. The molecular weight excluding hydrogens is 290 g/mol. The van der Waals surface area contributed by atoms with Gasteiger partial charge in [-0.15, -0.1) is 0 Å². The van der Waals surface area contributed by atoms with Crippen LogP contribution in [0.4, 0.5) is 4.79 Å². The average molecular weight is 307 g/mol. The van der Waals surface area contributed by atoms with Crippen LogP contribution in [0.15, 0.2) is 54.6 Å². The first-order valence-electron chi connectivity index (χ1n) is 7.47. The van der Waals surface area contributed by atoms with Crippen molar-refractivity contribution < 1.29 is 14.3 Å². The Morgan fingerprint density at radius 1 is 1.04 bits per heavy atom. The molecule has 3 rings (SSSR count). The molecule has 0 unspecified atom stereocenters. The molecule has 1 aliphatic heterocycles. The van der Waals surface area contributed by atoms with Crippen molar-refractivity contribution in [3.8, 4) is 0 Å². The lowest BCUT2D eigenvalue weighted by Gasteiger charge is -2.18. The molecule has 4 nitrogen and oxygen atoms in total. The molecule has 1 fully saturated rings. The van der Waals surface area contributed by atoms with Gasteiger partial charge >= 0.3 is 6.09 Å². The van der Waals surface area contributed by atoms with Crippen LogP contribution in [0.25, 0.3) is 11.8 Å². The Labute approximate surface area is 135 Å². The number of amides is 1. The Bertz CT molecular complexity index is 748. The molecule has 1 heterocycles. The van der Waals surface area contributed by atoms with Crippen LogP contribution in [-0.2, 0) is 4.74 Å². The smallest absolute Gasteiger partial charge is 0.414 e. The SMILES string of the molecule is CC(=O)c1ccc(/C(=C/c2ccccc2)N2CCOC2=O)cc1. The summed E-state index contributed by atoms with van der Waals surface area (Å²) in [7, 11) is 0. The Hall–Kier alpha value is -2.88. The summed E-state index contributed by atoms with van der Waals surface area (Å²) >= 11 is 0. The lowest BCUT2D eigenvalue weighted by Crippen LogP contribution is -2.22. The molecule has 1 amide bonds. The topological polar surface area (TPSA) is 46.6 Å². The van der Waals surface area contributed by atoms with Crippen LogP contribution in [0.1, 0.15) is 28.4 Å². The molecule has 4 heteroatoms.